The maximum Gasteiger partial charge on any atom is 0.259 e. The van der Waals surface area contributed by atoms with Gasteiger partial charge in [0.05, 0.1) is 26.0 Å². The van der Waals surface area contributed by atoms with E-state index in [0.717, 1.165) is 4.88 Å². The molecule has 1 unspecified atom stereocenters. The SMILES string of the molecule is Cc1cc(C(C#N)c2ccc(Cl)s2)c(Cl)cc1NC(=O)c1cc(Cl)c(Cl)c(Cl)c1O. The van der Waals surface area contributed by atoms with E-state index in [1.807, 2.05) is 0 Å². The summed E-state index contributed by atoms with van der Waals surface area (Å²) in [4.78, 5) is 13.4. The largest absolute Gasteiger partial charge is 0.505 e. The lowest BCUT2D eigenvalue weighted by molar-refractivity contribution is 0.102. The van der Waals surface area contributed by atoms with Crippen molar-refractivity contribution in [1.82, 2.24) is 0 Å². The average molecular weight is 521 g/mol. The molecule has 0 spiro atoms. The van der Waals surface area contributed by atoms with Crippen LogP contribution >= 0.6 is 69.3 Å². The van der Waals surface area contributed by atoms with Gasteiger partial charge < -0.3 is 10.4 Å². The van der Waals surface area contributed by atoms with Gasteiger partial charge in [-0.1, -0.05) is 64.1 Å². The number of hydrogen-bond donors (Lipinski definition) is 2. The van der Waals surface area contributed by atoms with Crippen molar-refractivity contribution < 1.29 is 9.90 Å². The molecular formula is C20H11Cl5N2O2S. The summed E-state index contributed by atoms with van der Waals surface area (Å²) in [5, 5.41) is 22.5. The van der Waals surface area contributed by atoms with Gasteiger partial charge in [0, 0.05) is 15.6 Å². The van der Waals surface area contributed by atoms with Gasteiger partial charge in [-0.2, -0.15) is 5.26 Å². The highest BCUT2D eigenvalue weighted by molar-refractivity contribution is 7.16. The van der Waals surface area contributed by atoms with Crippen LogP contribution in [0.1, 0.15) is 32.3 Å². The molecule has 0 radical (unpaired) electrons. The number of carbonyl (C=O) groups is 1. The number of phenolic OH excluding ortho intramolecular Hbond substituents is 1. The predicted molar refractivity (Wildman–Crippen MR) is 124 cm³/mol. The molecule has 2 aromatic carbocycles. The predicted octanol–water partition coefficient (Wildman–Crippen LogP) is 7.94. The maximum absolute atomic E-state index is 12.7. The summed E-state index contributed by atoms with van der Waals surface area (Å²) in [7, 11) is 0. The number of rotatable bonds is 4. The normalized spacial score (nSPS) is 11.8. The van der Waals surface area contributed by atoms with Crippen LogP contribution in [-0.4, -0.2) is 11.0 Å². The van der Waals surface area contributed by atoms with Crippen LogP contribution in [-0.2, 0) is 0 Å². The first-order valence-corrected chi connectivity index (χ1v) is 11.0. The molecule has 0 aliphatic rings. The molecule has 0 aliphatic heterocycles. The Bertz CT molecular complexity index is 1200. The molecule has 30 heavy (non-hydrogen) atoms. The Labute approximate surface area is 201 Å². The van der Waals surface area contributed by atoms with Gasteiger partial charge in [-0.25, -0.2) is 0 Å². The number of phenols is 1. The first kappa shape index (κ1) is 23.0. The molecular weight excluding hydrogens is 510 g/mol. The van der Waals surface area contributed by atoms with E-state index in [4.69, 9.17) is 58.0 Å². The highest BCUT2D eigenvalue weighted by Crippen LogP contribution is 2.40. The van der Waals surface area contributed by atoms with Crippen LogP contribution in [0.15, 0.2) is 30.3 Å². The number of amides is 1. The summed E-state index contributed by atoms with van der Waals surface area (Å²) in [5.41, 5.74) is 1.51. The van der Waals surface area contributed by atoms with Crippen molar-refractivity contribution in [2.24, 2.45) is 0 Å². The van der Waals surface area contributed by atoms with E-state index in [0.29, 0.717) is 26.2 Å². The van der Waals surface area contributed by atoms with Gasteiger partial charge in [0.1, 0.15) is 16.7 Å². The third-order valence-electron chi connectivity index (χ3n) is 4.29. The first-order chi connectivity index (χ1) is 14.1. The second-order valence-electron chi connectivity index (χ2n) is 6.23. The number of nitriles is 1. The minimum absolute atomic E-state index is 0.0289. The Morgan fingerprint density at radius 2 is 1.80 bits per heavy atom. The van der Waals surface area contributed by atoms with Crippen molar-refractivity contribution in [1.29, 1.82) is 5.26 Å². The Hall–Kier alpha value is -1.65. The molecule has 3 aromatic rings. The molecule has 154 valence electrons. The summed E-state index contributed by atoms with van der Waals surface area (Å²) >= 11 is 31.5. The van der Waals surface area contributed by atoms with Gasteiger partial charge in [0.25, 0.3) is 5.91 Å². The second kappa shape index (κ2) is 9.23. The van der Waals surface area contributed by atoms with Crippen molar-refractivity contribution in [3.05, 3.63) is 76.3 Å². The number of aryl methyl sites for hydroxylation is 1. The zero-order valence-electron chi connectivity index (χ0n) is 15.1. The molecule has 1 amide bonds. The average Bonchev–Trinajstić information content (AvgIpc) is 3.13. The smallest absolute Gasteiger partial charge is 0.259 e. The summed E-state index contributed by atoms with van der Waals surface area (Å²) < 4.78 is 0.571. The summed E-state index contributed by atoms with van der Waals surface area (Å²) in [6.07, 6.45) is 0. The lowest BCUT2D eigenvalue weighted by Crippen LogP contribution is -2.14. The molecule has 2 N–H and O–H groups in total. The van der Waals surface area contributed by atoms with E-state index in [1.165, 1.54) is 17.4 Å². The standard InChI is InChI=1S/C20H11Cl5N2O2S/c1-8-4-9(11(7-26)15-2-3-16(23)30-15)12(21)6-14(8)27-20(29)10-5-13(22)17(24)18(25)19(10)28/h2-6,11,28H,1H3,(H,27,29). The third-order valence-corrected chi connectivity index (χ3v) is 7.17. The molecule has 3 rings (SSSR count). The maximum atomic E-state index is 12.7. The number of hydrogen-bond acceptors (Lipinski definition) is 4. The monoisotopic (exact) mass is 518 g/mol. The van der Waals surface area contributed by atoms with E-state index in [2.05, 4.69) is 11.4 Å². The molecule has 1 aromatic heterocycles. The molecule has 0 aliphatic carbocycles. The summed E-state index contributed by atoms with van der Waals surface area (Å²) in [6.45, 7) is 1.76. The number of anilines is 1. The molecule has 0 bridgehead atoms. The van der Waals surface area contributed by atoms with Crippen molar-refractivity contribution >= 4 is 80.9 Å². The second-order valence-corrected chi connectivity index (χ2v) is 9.55. The van der Waals surface area contributed by atoms with Crippen LogP contribution in [0.3, 0.4) is 0 Å². The van der Waals surface area contributed by atoms with Gasteiger partial charge in [-0.3, -0.25) is 4.79 Å². The number of carbonyl (C=O) groups excluding carboxylic acids is 1. The van der Waals surface area contributed by atoms with Crippen molar-refractivity contribution in [2.75, 3.05) is 5.32 Å². The fourth-order valence-corrected chi connectivity index (χ4v) is 4.78. The van der Waals surface area contributed by atoms with Crippen LogP contribution in [0.5, 0.6) is 5.75 Å². The fourth-order valence-electron chi connectivity index (χ4n) is 2.78. The van der Waals surface area contributed by atoms with Crippen LogP contribution < -0.4 is 5.32 Å². The van der Waals surface area contributed by atoms with Crippen molar-refractivity contribution in [3.8, 4) is 11.8 Å². The van der Waals surface area contributed by atoms with Crippen molar-refractivity contribution in [3.63, 3.8) is 0 Å². The molecule has 4 nitrogen and oxygen atoms in total. The molecule has 10 heteroatoms. The molecule has 1 atom stereocenters. The quantitative estimate of drug-likeness (QED) is 0.343. The van der Waals surface area contributed by atoms with Crippen LogP contribution in [0, 0.1) is 18.3 Å². The fraction of sp³-hybridized carbons (Fsp3) is 0.100. The van der Waals surface area contributed by atoms with E-state index >= 15 is 0 Å². The zero-order valence-corrected chi connectivity index (χ0v) is 19.7. The Kier molecular flexibility index (Phi) is 7.09. The Morgan fingerprint density at radius 3 is 2.40 bits per heavy atom. The van der Waals surface area contributed by atoms with Crippen LogP contribution in [0.25, 0.3) is 0 Å². The van der Waals surface area contributed by atoms with Gasteiger partial charge in [-0.05, 0) is 42.3 Å². The number of halogens is 5. The number of benzene rings is 2. The number of nitrogens with one attached hydrogen (secondary N) is 1. The third kappa shape index (κ3) is 4.50. The van der Waals surface area contributed by atoms with E-state index < -0.39 is 17.6 Å². The Balaban J connectivity index is 1.95. The molecule has 1 heterocycles. The molecule has 0 fully saturated rings. The number of aromatic hydroxyl groups is 1. The topological polar surface area (TPSA) is 73.1 Å². The summed E-state index contributed by atoms with van der Waals surface area (Å²) in [6, 6.07) is 10.2. The number of thiophene rings is 1. The molecule has 0 saturated carbocycles. The first-order valence-electron chi connectivity index (χ1n) is 8.26. The number of nitrogens with zero attached hydrogens (tertiary/aromatic N) is 1. The minimum atomic E-state index is -0.651. The minimum Gasteiger partial charge on any atom is -0.505 e. The van der Waals surface area contributed by atoms with Gasteiger partial charge in [-0.15, -0.1) is 11.3 Å². The summed E-state index contributed by atoms with van der Waals surface area (Å²) in [5.74, 6) is -1.74. The van der Waals surface area contributed by atoms with Crippen LogP contribution in [0.2, 0.25) is 24.4 Å². The van der Waals surface area contributed by atoms with E-state index in [1.54, 1.807) is 31.2 Å². The highest BCUT2D eigenvalue weighted by atomic mass is 35.5. The lowest BCUT2D eigenvalue weighted by atomic mass is 9.96. The molecule has 0 saturated heterocycles. The van der Waals surface area contributed by atoms with Gasteiger partial charge in [0.2, 0.25) is 0 Å². The van der Waals surface area contributed by atoms with Crippen molar-refractivity contribution in [2.45, 2.75) is 12.8 Å². The highest BCUT2D eigenvalue weighted by Gasteiger charge is 2.23. The van der Waals surface area contributed by atoms with E-state index in [9.17, 15) is 15.2 Å². The Morgan fingerprint density at radius 1 is 1.10 bits per heavy atom. The van der Waals surface area contributed by atoms with E-state index in [-0.39, 0.29) is 20.6 Å². The van der Waals surface area contributed by atoms with Gasteiger partial charge >= 0.3 is 0 Å². The lowest BCUT2D eigenvalue weighted by Gasteiger charge is -2.16. The zero-order chi connectivity index (χ0) is 22.2. The van der Waals surface area contributed by atoms with Crippen LogP contribution in [0.4, 0.5) is 5.69 Å². The van der Waals surface area contributed by atoms with Gasteiger partial charge in [0.15, 0.2) is 0 Å².